The lowest BCUT2D eigenvalue weighted by Gasteiger charge is -2.18. The maximum absolute atomic E-state index is 13.3. The van der Waals surface area contributed by atoms with Gasteiger partial charge in [0.25, 0.3) is 0 Å². The second-order valence-corrected chi connectivity index (χ2v) is 11.3. The van der Waals surface area contributed by atoms with Crippen LogP contribution >= 0.6 is 11.3 Å². The number of halogens is 1. The lowest BCUT2D eigenvalue weighted by atomic mass is 10.1. The van der Waals surface area contributed by atoms with Gasteiger partial charge in [0, 0.05) is 6.54 Å². The van der Waals surface area contributed by atoms with E-state index in [-0.39, 0.29) is 15.6 Å². The lowest BCUT2D eigenvalue weighted by Crippen LogP contribution is -2.31. The summed E-state index contributed by atoms with van der Waals surface area (Å²) in [7, 11) is -7.77. The largest absolute Gasteiger partial charge is 0.240 e. The molecule has 148 valence electrons. The van der Waals surface area contributed by atoms with Crippen LogP contribution in [-0.2, 0) is 19.9 Å². The second-order valence-electron chi connectivity index (χ2n) is 6.18. The highest BCUT2D eigenvalue weighted by Crippen LogP contribution is 2.31. The van der Waals surface area contributed by atoms with E-state index in [1.807, 2.05) is 6.92 Å². The van der Waals surface area contributed by atoms with Crippen molar-refractivity contribution >= 4 is 31.2 Å². The minimum absolute atomic E-state index is 0.0458. The molecule has 1 atom stereocenters. The zero-order valence-electron chi connectivity index (χ0n) is 14.9. The third-order valence-electron chi connectivity index (χ3n) is 4.18. The summed E-state index contributed by atoms with van der Waals surface area (Å²) in [6, 6.07) is 14.3. The first kappa shape index (κ1) is 20.7. The molecule has 0 bridgehead atoms. The van der Waals surface area contributed by atoms with Gasteiger partial charge in [0.15, 0.2) is 9.84 Å². The fourth-order valence-corrected chi connectivity index (χ4v) is 6.66. The van der Waals surface area contributed by atoms with Gasteiger partial charge in [-0.25, -0.2) is 25.9 Å². The maximum Gasteiger partial charge on any atom is 0.240 e. The third-order valence-corrected chi connectivity index (χ3v) is 9.15. The van der Waals surface area contributed by atoms with Crippen molar-refractivity contribution in [3.8, 4) is 0 Å². The van der Waals surface area contributed by atoms with Crippen LogP contribution in [0.3, 0.4) is 0 Å². The van der Waals surface area contributed by atoms with Crippen LogP contribution in [0.25, 0.3) is 0 Å². The molecule has 0 unspecified atom stereocenters. The number of nitrogens with one attached hydrogen (secondary N) is 1. The molecule has 3 rings (SSSR count). The molecule has 0 amide bonds. The zero-order chi connectivity index (χ0) is 20.4. The van der Waals surface area contributed by atoms with Crippen molar-refractivity contribution in [3.63, 3.8) is 0 Å². The minimum atomic E-state index is -3.90. The second kappa shape index (κ2) is 8.12. The lowest BCUT2D eigenvalue weighted by molar-refractivity contribution is 0.569. The van der Waals surface area contributed by atoms with Crippen LogP contribution < -0.4 is 4.72 Å². The molecule has 0 radical (unpaired) electrons. The normalized spacial score (nSPS) is 13.4. The Kier molecular flexibility index (Phi) is 5.99. The van der Waals surface area contributed by atoms with Crippen molar-refractivity contribution in [3.05, 3.63) is 83.0 Å². The van der Waals surface area contributed by atoms with Gasteiger partial charge in [0.1, 0.15) is 15.3 Å². The molecule has 2 aromatic carbocycles. The van der Waals surface area contributed by atoms with E-state index in [1.165, 1.54) is 30.3 Å². The number of sulfone groups is 1. The average Bonchev–Trinajstić information content (AvgIpc) is 3.19. The minimum Gasteiger partial charge on any atom is -0.222 e. The predicted octanol–water partition coefficient (Wildman–Crippen LogP) is 3.69. The van der Waals surface area contributed by atoms with Gasteiger partial charge in [-0.1, -0.05) is 35.9 Å². The number of thiophene rings is 1. The summed E-state index contributed by atoms with van der Waals surface area (Å²) < 4.78 is 67.1. The molecule has 28 heavy (non-hydrogen) atoms. The Hall–Kier alpha value is -2.07. The van der Waals surface area contributed by atoms with Crippen LogP contribution in [-0.4, -0.2) is 23.4 Å². The standard InChI is InChI=1S/C19H18FNO4S3/c1-14-4-10-17(11-5-14)28(24,25)21-13-18(15-6-8-16(20)9-7-15)27(22,23)19-3-2-12-26-19/h2-12,18,21H,13H2,1H3/t18-/m0/s1. The van der Waals surface area contributed by atoms with E-state index in [0.717, 1.165) is 29.0 Å². The number of hydrogen-bond acceptors (Lipinski definition) is 5. The Morgan fingerprint density at radius 2 is 1.61 bits per heavy atom. The Labute approximate surface area is 167 Å². The third kappa shape index (κ3) is 4.49. The smallest absolute Gasteiger partial charge is 0.222 e. The van der Waals surface area contributed by atoms with Crippen LogP contribution in [0.2, 0.25) is 0 Å². The van der Waals surface area contributed by atoms with Crippen molar-refractivity contribution in [2.24, 2.45) is 0 Å². The van der Waals surface area contributed by atoms with E-state index in [2.05, 4.69) is 4.72 Å². The van der Waals surface area contributed by atoms with Crippen molar-refractivity contribution in [2.45, 2.75) is 21.3 Å². The summed E-state index contributed by atoms with van der Waals surface area (Å²) in [6.45, 7) is 1.46. The van der Waals surface area contributed by atoms with E-state index in [9.17, 15) is 21.2 Å². The van der Waals surface area contributed by atoms with Gasteiger partial charge < -0.3 is 0 Å². The van der Waals surface area contributed by atoms with E-state index in [0.29, 0.717) is 5.56 Å². The Morgan fingerprint density at radius 1 is 0.964 bits per heavy atom. The number of aryl methyl sites for hydroxylation is 1. The maximum atomic E-state index is 13.3. The summed E-state index contributed by atoms with van der Waals surface area (Å²) in [5.41, 5.74) is 1.21. The number of benzene rings is 2. The summed E-state index contributed by atoms with van der Waals surface area (Å²) in [6.07, 6.45) is 0. The Bertz CT molecular complexity index is 1140. The van der Waals surface area contributed by atoms with Gasteiger partial charge in [-0.2, -0.15) is 0 Å². The van der Waals surface area contributed by atoms with Crippen molar-refractivity contribution in [1.82, 2.24) is 4.72 Å². The van der Waals surface area contributed by atoms with E-state index in [4.69, 9.17) is 0 Å². The molecule has 1 N–H and O–H groups in total. The van der Waals surface area contributed by atoms with Crippen LogP contribution in [0.15, 0.2) is 75.1 Å². The highest BCUT2D eigenvalue weighted by atomic mass is 32.2. The molecular formula is C19H18FNO4S3. The quantitative estimate of drug-likeness (QED) is 0.609. The van der Waals surface area contributed by atoms with Gasteiger partial charge >= 0.3 is 0 Å². The first-order valence-electron chi connectivity index (χ1n) is 8.29. The zero-order valence-corrected chi connectivity index (χ0v) is 17.3. The molecule has 0 aliphatic heterocycles. The summed E-state index contributed by atoms with van der Waals surface area (Å²) in [4.78, 5) is 0.0458. The van der Waals surface area contributed by atoms with Gasteiger partial charge in [0.05, 0.1) is 4.90 Å². The van der Waals surface area contributed by atoms with Gasteiger partial charge in [-0.3, -0.25) is 0 Å². The first-order chi connectivity index (χ1) is 13.2. The molecule has 9 heteroatoms. The Balaban J connectivity index is 1.94. The van der Waals surface area contributed by atoms with Crippen LogP contribution in [0.4, 0.5) is 4.39 Å². The topological polar surface area (TPSA) is 80.3 Å². The van der Waals surface area contributed by atoms with Crippen molar-refractivity contribution in [2.75, 3.05) is 6.54 Å². The molecule has 0 fully saturated rings. The number of sulfonamides is 1. The molecular weight excluding hydrogens is 421 g/mol. The molecule has 0 saturated heterocycles. The average molecular weight is 440 g/mol. The number of rotatable bonds is 7. The fourth-order valence-electron chi connectivity index (χ4n) is 2.64. The predicted molar refractivity (Wildman–Crippen MR) is 107 cm³/mol. The van der Waals surface area contributed by atoms with Gasteiger partial charge in [0.2, 0.25) is 10.0 Å². The molecule has 0 aliphatic carbocycles. The highest BCUT2D eigenvalue weighted by molar-refractivity contribution is 7.93. The van der Waals surface area contributed by atoms with Gasteiger partial charge in [-0.05, 0) is 48.2 Å². The highest BCUT2D eigenvalue weighted by Gasteiger charge is 2.31. The summed E-state index contributed by atoms with van der Waals surface area (Å²) in [5.74, 6) is -0.503. The van der Waals surface area contributed by atoms with Crippen molar-refractivity contribution < 1.29 is 21.2 Å². The molecule has 5 nitrogen and oxygen atoms in total. The summed E-state index contributed by atoms with van der Waals surface area (Å²) in [5, 5.41) is 0.442. The van der Waals surface area contributed by atoms with Gasteiger partial charge in [-0.15, -0.1) is 11.3 Å². The molecule has 0 spiro atoms. The monoisotopic (exact) mass is 439 g/mol. The molecule has 0 aliphatic rings. The van der Waals surface area contributed by atoms with Crippen LogP contribution in [0.1, 0.15) is 16.4 Å². The Morgan fingerprint density at radius 3 is 2.18 bits per heavy atom. The number of hydrogen-bond donors (Lipinski definition) is 1. The molecule has 3 aromatic rings. The first-order valence-corrected chi connectivity index (χ1v) is 12.2. The fraction of sp³-hybridized carbons (Fsp3) is 0.158. The van der Waals surface area contributed by atoms with Crippen molar-refractivity contribution in [1.29, 1.82) is 0 Å². The SMILES string of the molecule is Cc1ccc(S(=O)(=O)NC[C@@H](c2ccc(F)cc2)S(=O)(=O)c2cccs2)cc1. The van der Waals surface area contributed by atoms with E-state index in [1.54, 1.807) is 23.6 Å². The molecule has 1 heterocycles. The van der Waals surface area contributed by atoms with E-state index >= 15 is 0 Å². The van der Waals surface area contributed by atoms with E-state index < -0.39 is 30.9 Å². The summed E-state index contributed by atoms with van der Waals surface area (Å²) >= 11 is 1.05. The van der Waals surface area contributed by atoms with Crippen LogP contribution in [0.5, 0.6) is 0 Å². The van der Waals surface area contributed by atoms with Crippen LogP contribution in [0, 0.1) is 12.7 Å². The molecule has 1 aromatic heterocycles. The molecule has 0 saturated carbocycles.